The van der Waals surface area contributed by atoms with Gasteiger partial charge < -0.3 is 5.11 Å². The van der Waals surface area contributed by atoms with Gasteiger partial charge in [-0.05, 0) is 38.0 Å². The third-order valence-electron chi connectivity index (χ3n) is 2.98. The van der Waals surface area contributed by atoms with Crippen LogP contribution in [0.3, 0.4) is 0 Å². The zero-order valence-corrected chi connectivity index (χ0v) is 8.47. The third kappa shape index (κ3) is 2.11. The Morgan fingerprint density at radius 3 is 2.69 bits per heavy atom. The van der Waals surface area contributed by atoms with Gasteiger partial charge in [-0.1, -0.05) is 19.4 Å². The molecule has 2 heteroatoms. The molecule has 1 unspecified atom stereocenters. The molecule has 1 N–H and O–H groups in total. The monoisotopic (exact) mass is 182 g/mol. The molecule has 0 aromatic carbocycles. The van der Waals surface area contributed by atoms with Crippen molar-refractivity contribution in [2.45, 2.75) is 46.0 Å². The van der Waals surface area contributed by atoms with Gasteiger partial charge >= 0.3 is 5.97 Å². The van der Waals surface area contributed by atoms with Crippen molar-refractivity contribution in [3.63, 3.8) is 0 Å². The number of hydrogen-bond acceptors (Lipinski definition) is 1. The number of allylic oxidation sites excluding steroid dienone is 1. The Morgan fingerprint density at radius 1 is 1.54 bits per heavy atom. The van der Waals surface area contributed by atoms with Crippen LogP contribution in [0.4, 0.5) is 0 Å². The Kier molecular flexibility index (Phi) is 3.52. The molecule has 0 bridgehead atoms. The van der Waals surface area contributed by atoms with Crippen LogP contribution < -0.4 is 0 Å². The molecule has 1 rings (SSSR count). The number of carbonyl (C=O) groups is 1. The lowest BCUT2D eigenvalue weighted by Crippen LogP contribution is -2.07. The first kappa shape index (κ1) is 10.3. The molecule has 13 heavy (non-hydrogen) atoms. The Labute approximate surface area is 79.6 Å². The summed E-state index contributed by atoms with van der Waals surface area (Å²) < 4.78 is 0. The summed E-state index contributed by atoms with van der Waals surface area (Å²) in [5, 5.41) is 8.99. The van der Waals surface area contributed by atoms with E-state index < -0.39 is 5.97 Å². The van der Waals surface area contributed by atoms with Crippen LogP contribution in [0.5, 0.6) is 0 Å². The van der Waals surface area contributed by atoms with Gasteiger partial charge in [-0.15, -0.1) is 0 Å². The van der Waals surface area contributed by atoms with Crippen LogP contribution in [-0.2, 0) is 4.79 Å². The molecule has 1 fully saturated rings. The zero-order chi connectivity index (χ0) is 9.84. The van der Waals surface area contributed by atoms with Crippen molar-refractivity contribution < 1.29 is 9.90 Å². The summed E-state index contributed by atoms with van der Waals surface area (Å²) in [6.45, 7) is 4.08. The molecule has 0 amide bonds. The topological polar surface area (TPSA) is 37.3 Å². The maximum absolute atomic E-state index is 10.9. The summed E-state index contributed by atoms with van der Waals surface area (Å²) in [6, 6.07) is 0. The average molecular weight is 182 g/mol. The summed E-state index contributed by atoms with van der Waals surface area (Å²) in [5.74, 6) is -0.163. The van der Waals surface area contributed by atoms with Gasteiger partial charge in [0.2, 0.25) is 0 Å². The molecule has 0 radical (unpaired) electrons. The first-order valence-corrected chi connectivity index (χ1v) is 5.15. The zero-order valence-electron chi connectivity index (χ0n) is 8.47. The minimum Gasteiger partial charge on any atom is -0.478 e. The minimum absolute atomic E-state index is 0.547. The smallest absolute Gasteiger partial charge is 0.331 e. The van der Waals surface area contributed by atoms with Crippen LogP contribution in [0, 0.1) is 5.92 Å². The molecule has 0 aliphatic heterocycles. The van der Waals surface area contributed by atoms with Crippen molar-refractivity contribution in [2.75, 3.05) is 0 Å². The highest BCUT2D eigenvalue weighted by Gasteiger charge is 2.24. The maximum atomic E-state index is 10.9. The Hall–Kier alpha value is -0.790. The molecule has 0 heterocycles. The first-order chi connectivity index (χ1) is 6.20. The average Bonchev–Trinajstić information content (AvgIpc) is 2.53. The van der Waals surface area contributed by atoms with Crippen molar-refractivity contribution in [1.29, 1.82) is 0 Å². The number of carboxylic acid groups (broad SMARTS) is 1. The van der Waals surface area contributed by atoms with E-state index in [1.54, 1.807) is 0 Å². The second-order valence-electron chi connectivity index (χ2n) is 3.66. The molecule has 1 saturated carbocycles. The van der Waals surface area contributed by atoms with E-state index in [0.717, 1.165) is 12.8 Å². The van der Waals surface area contributed by atoms with E-state index in [-0.39, 0.29) is 0 Å². The molecule has 0 spiro atoms. The van der Waals surface area contributed by atoms with Crippen LogP contribution in [0.2, 0.25) is 0 Å². The van der Waals surface area contributed by atoms with Gasteiger partial charge in [-0.2, -0.15) is 0 Å². The van der Waals surface area contributed by atoms with Crippen molar-refractivity contribution in [1.82, 2.24) is 0 Å². The van der Waals surface area contributed by atoms with Crippen LogP contribution >= 0.6 is 0 Å². The van der Waals surface area contributed by atoms with Crippen LogP contribution in [-0.4, -0.2) is 11.1 Å². The summed E-state index contributed by atoms with van der Waals surface area (Å²) >= 11 is 0. The lowest BCUT2D eigenvalue weighted by Gasteiger charge is -2.12. The highest BCUT2D eigenvalue weighted by atomic mass is 16.4. The highest BCUT2D eigenvalue weighted by molar-refractivity contribution is 5.87. The van der Waals surface area contributed by atoms with Crippen LogP contribution in [0.1, 0.15) is 46.0 Å². The maximum Gasteiger partial charge on any atom is 0.331 e. The predicted molar refractivity (Wildman–Crippen MR) is 52.6 cm³/mol. The van der Waals surface area contributed by atoms with E-state index >= 15 is 0 Å². The molecule has 1 atom stereocenters. The number of carboxylic acids is 1. The largest absolute Gasteiger partial charge is 0.478 e. The van der Waals surface area contributed by atoms with Gasteiger partial charge in [0.15, 0.2) is 0 Å². The molecule has 1 aliphatic carbocycles. The quantitative estimate of drug-likeness (QED) is 0.681. The van der Waals surface area contributed by atoms with E-state index in [1.165, 1.54) is 18.4 Å². The molecular weight excluding hydrogens is 164 g/mol. The fraction of sp³-hybridized carbons (Fsp3) is 0.727. The lowest BCUT2D eigenvalue weighted by atomic mass is 9.94. The fourth-order valence-electron chi connectivity index (χ4n) is 2.28. The summed E-state index contributed by atoms with van der Waals surface area (Å²) in [7, 11) is 0. The van der Waals surface area contributed by atoms with Crippen molar-refractivity contribution in [3.8, 4) is 0 Å². The number of aliphatic carboxylic acids is 1. The van der Waals surface area contributed by atoms with Crippen LogP contribution in [0.15, 0.2) is 11.1 Å². The predicted octanol–water partition coefficient (Wildman–Crippen LogP) is 2.99. The van der Waals surface area contributed by atoms with Gasteiger partial charge in [0.25, 0.3) is 0 Å². The van der Waals surface area contributed by atoms with Crippen LogP contribution in [0.25, 0.3) is 0 Å². The Bertz CT molecular complexity index is 228. The SMILES string of the molecule is CC/C(C(=O)O)=C1\CCCC1CC. The molecule has 0 aromatic heterocycles. The lowest BCUT2D eigenvalue weighted by molar-refractivity contribution is -0.132. The van der Waals surface area contributed by atoms with Crippen molar-refractivity contribution in [2.24, 2.45) is 5.92 Å². The summed E-state index contributed by atoms with van der Waals surface area (Å²) in [5.41, 5.74) is 1.89. The molecular formula is C11H18O2. The van der Waals surface area contributed by atoms with Crippen molar-refractivity contribution >= 4 is 5.97 Å². The van der Waals surface area contributed by atoms with Gasteiger partial charge in [0.1, 0.15) is 0 Å². The van der Waals surface area contributed by atoms with Gasteiger partial charge in [0.05, 0.1) is 0 Å². The number of rotatable bonds is 3. The Morgan fingerprint density at radius 2 is 2.23 bits per heavy atom. The normalized spacial score (nSPS) is 26.2. The molecule has 74 valence electrons. The number of hydrogen-bond donors (Lipinski definition) is 1. The first-order valence-electron chi connectivity index (χ1n) is 5.15. The van der Waals surface area contributed by atoms with E-state index in [9.17, 15) is 4.79 Å². The molecule has 0 saturated heterocycles. The van der Waals surface area contributed by atoms with Gasteiger partial charge in [0, 0.05) is 5.57 Å². The molecule has 0 aromatic rings. The summed E-state index contributed by atoms with van der Waals surface area (Å²) in [4.78, 5) is 10.9. The van der Waals surface area contributed by atoms with Crippen molar-refractivity contribution in [3.05, 3.63) is 11.1 Å². The fourth-order valence-corrected chi connectivity index (χ4v) is 2.28. The van der Waals surface area contributed by atoms with Gasteiger partial charge in [-0.25, -0.2) is 4.79 Å². The third-order valence-corrected chi connectivity index (χ3v) is 2.98. The van der Waals surface area contributed by atoms with E-state index in [1.807, 2.05) is 6.92 Å². The van der Waals surface area contributed by atoms with E-state index in [2.05, 4.69) is 6.92 Å². The molecule has 2 nitrogen and oxygen atoms in total. The summed E-state index contributed by atoms with van der Waals surface area (Å²) in [6.07, 6.45) is 5.12. The standard InChI is InChI=1S/C11H18O2/c1-3-8-6-5-7-10(8)9(4-2)11(12)13/h8H,3-7H2,1-2H3,(H,12,13)/b10-9-. The second kappa shape index (κ2) is 4.45. The highest BCUT2D eigenvalue weighted by Crippen LogP contribution is 2.36. The second-order valence-corrected chi connectivity index (χ2v) is 3.66. The van der Waals surface area contributed by atoms with Gasteiger partial charge in [-0.3, -0.25) is 0 Å². The van der Waals surface area contributed by atoms with E-state index in [0.29, 0.717) is 17.9 Å². The minimum atomic E-state index is -0.710. The Balaban J connectivity index is 2.91. The molecule has 1 aliphatic rings. The van der Waals surface area contributed by atoms with E-state index in [4.69, 9.17) is 5.11 Å².